The monoisotopic (exact) mass is 185 g/mol. The molecule has 0 spiro atoms. The van der Waals surface area contributed by atoms with E-state index in [0.29, 0.717) is 0 Å². The first-order valence-electron chi connectivity index (χ1n) is 4.60. The molecular weight excluding hydrogens is 170 g/mol. The van der Waals surface area contributed by atoms with Crippen LogP contribution in [0.4, 0.5) is 5.69 Å². The third kappa shape index (κ3) is 2.36. The smallest absolute Gasteiger partial charge is 0.0393 e. The van der Waals surface area contributed by atoms with Crippen LogP contribution in [-0.4, -0.2) is 0 Å². The van der Waals surface area contributed by atoms with Crippen molar-refractivity contribution in [2.75, 3.05) is 5.73 Å². The number of para-hydroxylation sites is 1. The first-order valence-corrected chi connectivity index (χ1v) is 4.60. The van der Waals surface area contributed by atoms with E-state index in [2.05, 4.69) is 6.58 Å². The molecule has 1 nitrogen and oxygen atoms in total. The van der Waals surface area contributed by atoms with E-state index < -0.39 is 0 Å². The highest BCUT2D eigenvalue weighted by atomic mass is 14.6. The Morgan fingerprint density at radius 3 is 2.64 bits per heavy atom. The fourth-order valence-electron chi connectivity index (χ4n) is 1.30. The van der Waals surface area contributed by atoms with Crippen LogP contribution >= 0.6 is 0 Å². The molecule has 0 fully saturated rings. The minimum Gasteiger partial charge on any atom is -0.398 e. The van der Waals surface area contributed by atoms with Crippen molar-refractivity contribution in [1.82, 2.24) is 0 Å². The second-order valence-corrected chi connectivity index (χ2v) is 2.94. The van der Waals surface area contributed by atoms with Crippen molar-refractivity contribution < 1.29 is 0 Å². The SMILES string of the molecule is C=C/C=C(\C=C/C)c1ccccc1N. The van der Waals surface area contributed by atoms with Gasteiger partial charge in [-0.1, -0.05) is 49.1 Å². The van der Waals surface area contributed by atoms with Crippen LogP contribution in [0, 0.1) is 0 Å². The van der Waals surface area contributed by atoms with Gasteiger partial charge < -0.3 is 5.73 Å². The Morgan fingerprint density at radius 2 is 2.07 bits per heavy atom. The molecule has 0 saturated carbocycles. The standard InChI is InChI=1S/C13H15N/c1-3-7-11(8-4-2)12-9-5-6-10-13(12)14/h3-10H,1,14H2,2H3/b8-4-,11-7+. The van der Waals surface area contributed by atoms with Crippen LogP contribution in [0.1, 0.15) is 12.5 Å². The summed E-state index contributed by atoms with van der Waals surface area (Å²) < 4.78 is 0. The first kappa shape index (κ1) is 10.3. The van der Waals surface area contributed by atoms with Crippen LogP contribution in [-0.2, 0) is 0 Å². The minimum absolute atomic E-state index is 0.790. The molecule has 0 radical (unpaired) electrons. The molecule has 72 valence electrons. The maximum atomic E-state index is 5.87. The zero-order valence-electron chi connectivity index (χ0n) is 8.40. The number of rotatable bonds is 3. The lowest BCUT2D eigenvalue weighted by Crippen LogP contribution is -1.91. The van der Waals surface area contributed by atoms with Gasteiger partial charge in [0.1, 0.15) is 0 Å². The fourth-order valence-corrected chi connectivity index (χ4v) is 1.30. The summed E-state index contributed by atoms with van der Waals surface area (Å²) in [4.78, 5) is 0. The Kier molecular flexibility index (Phi) is 3.74. The Labute approximate surface area is 85.3 Å². The lowest BCUT2D eigenvalue weighted by atomic mass is 10.0. The van der Waals surface area contributed by atoms with Gasteiger partial charge in [-0.05, 0) is 18.6 Å². The average molecular weight is 185 g/mol. The van der Waals surface area contributed by atoms with Crippen LogP contribution in [0.5, 0.6) is 0 Å². The highest BCUT2D eigenvalue weighted by Crippen LogP contribution is 2.22. The number of allylic oxidation sites excluding steroid dienone is 5. The topological polar surface area (TPSA) is 26.0 Å². The largest absolute Gasteiger partial charge is 0.398 e. The highest BCUT2D eigenvalue weighted by Gasteiger charge is 1.99. The van der Waals surface area contributed by atoms with Gasteiger partial charge in [-0.2, -0.15) is 0 Å². The molecule has 0 bridgehead atoms. The summed E-state index contributed by atoms with van der Waals surface area (Å²) in [6, 6.07) is 7.81. The number of nitrogens with two attached hydrogens (primary N) is 1. The van der Waals surface area contributed by atoms with Gasteiger partial charge in [-0.3, -0.25) is 0 Å². The van der Waals surface area contributed by atoms with E-state index in [-0.39, 0.29) is 0 Å². The number of nitrogen functional groups attached to an aromatic ring is 1. The predicted octanol–water partition coefficient (Wildman–Crippen LogP) is 3.41. The van der Waals surface area contributed by atoms with Gasteiger partial charge in [0.05, 0.1) is 0 Å². The van der Waals surface area contributed by atoms with Gasteiger partial charge in [0.2, 0.25) is 0 Å². The minimum atomic E-state index is 0.790. The van der Waals surface area contributed by atoms with Gasteiger partial charge in [-0.25, -0.2) is 0 Å². The summed E-state index contributed by atoms with van der Waals surface area (Å²) in [6.07, 6.45) is 7.72. The van der Waals surface area contributed by atoms with Gasteiger partial charge in [0.25, 0.3) is 0 Å². The van der Waals surface area contributed by atoms with Crippen molar-refractivity contribution in [3.05, 3.63) is 60.7 Å². The predicted molar refractivity (Wildman–Crippen MR) is 63.8 cm³/mol. The molecule has 0 unspecified atom stereocenters. The van der Waals surface area contributed by atoms with Crippen LogP contribution < -0.4 is 5.73 Å². The summed E-state index contributed by atoms with van der Waals surface area (Å²) in [5, 5.41) is 0. The molecule has 1 aromatic rings. The van der Waals surface area contributed by atoms with E-state index >= 15 is 0 Å². The fraction of sp³-hybridized carbons (Fsp3) is 0.0769. The van der Waals surface area contributed by atoms with Crippen molar-refractivity contribution in [3.63, 3.8) is 0 Å². The molecular formula is C13H15N. The maximum absolute atomic E-state index is 5.87. The van der Waals surface area contributed by atoms with E-state index in [1.807, 2.05) is 49.4 Å². The Morgan fingerprint density at radius 1 is 1.36 bits per heavy atom. The van der Waals surface area contributed by atoms with Crippen molar-refractivity contribution >= 4 is 11.3 Å². The third-order valence-corrected chi connectivity index (χ3v) is 1.92. The lowest BCUT2D eigenvalue weighted by molar-refractivity contribution is 1.59. The maximum Gasteiger partial charge on any atom is 0.0393 e. The van der Waals surface area contributed by atoms with Crippen molar-refractivity contribution in [2.24, 2.45) is 0 Å². The van der Waals surface area contributed by atoms with Gasteiger partial charge in [0, 0.05) is 11.3 Å². The molecule has 0 saturated heterocycles. The Hall–Kier alpha value is -1.76. The van der Waals surface area contributed by atoms with Gasteiger partial charge in [-0.15, -0.1) is 0 Å². The number of benzene rings is 1. The van der Waals surface area contributed by atoms with E-state index in [4.69, 9.17) is 5.73 Å². The van der Waals surface area contributed by atoms with Gasteiger partial charge >= 0.3 is 0 Å². The summed E-state index contributed by atoms with van der Waals surface area (Å²) in [7, 11) is 0. The second-order valence-electron chi connectivity index (χ2n) is 2.94. The third-order valence-electron chi connectivity index (χ3n) is 1.92. The molecule has 0 atom stereocenters. The Balaban J connectivity index is 3.18. The van der Waals surface area contributed by atoms with Crippen LogP contribution in [0.3, 0.4) is 0 Å². The average Bonchev–Trinajstić information content (AvgIpc) is 2.18. The molecule has 2 N–H and O–H groups in total. The quantitative estimate of drug-likeness (QED) is 0.566. The normalized spacial score (nSPS) is 11.9. The van der Waals surface area contributed by atoms with Crippen molar-refractivity contribution in [2.45, 2.75) is 6.92 Å². The molecule has 0 aliphatic rings. The van der Waals surface area contributed by atoms with Crippen molar-refractivity contribution in [1.29, 1.82) is 0 Å². The highest BCUT2D eigenvalue weighted by molar-refractivity contribution is 5.81. The van der Waals surface area contributed by atoms with Gasteiger partial charge in [0.15, 0.2) is 0 Å². The molecule has 0 aliphatic carbocycles. The number of anilines is 1. The molecule has 14 heavy (non-hydrogen) atoms. The van der Waals surface area contributed by atoms with E-state index in [9.17, 15) is 0 Å². The number of hydrogen-bond acceptors (Lipinski definition) is 1. The summed E-state index contributed by atoms with van der Waals surface area (Å²) in [5.41, 5.74) is 8.79. The zero-order valence-corrected chi connectivity index (χ0v) is 8.40. The molecule has 0 amide bonds. The van der Waals surface area contributed by atoms with Crippen LogP contribution in [0.2, 0.25) is 0 Å². The molecule has 0 aromatic heterocycles. The summed E-state index contributed by atoms with van der Waals surface area (Å²) >= 11 is 0. The zero-order chi connectivity index (χ0) is 10.4. The number of hydrogen-bond donors (Lipinski definition) is 1. The summed E-state index contributed by atoms with van der Waals surface area (Å²) in [6.45, 7) is 5.67. The van der Waals surface area contributed by atoms with Crippen molar-refractivity contribution in [3.8, 4) is 0 Å². The van der Waals surface area contributed by atoms with E-state index in [0.717, 1.165) is 16.8 Å². The molecule has 0 aliphatic heterocycles. The second kappa shape index (κ2) is 5.07. The van der Waals surface area contributed by atoms with E-state index in [1.54, 1.807) is 6.08 Å². The van der Waals surface area contributed by atoms with Crippen LogP contribution in [0.15, 0.2) is 55.1 Å². The molecule has 0 heterocycles. The van der Waals surface area contributed by atoms with Crippen LogP contribution in [0.25, 0.3) is 5.57 Å². The summed E-state index contributed by atoms with van der Waals surface area (Å²) in [5.74, 6) is 0. The lowest BCUT2D eigenvalue weighted by Gasteiger charge is -2.05. The Bertz CT molecular complexity index is 373. The molecule has 1 heteroatoms. The molecule has 1 aromatic carbocycles. The van der Waals surface area contributed by atoms with E-state index in [1.165, 1.54) is 0 Å². The first-order chi connectivity index (χ1) is 6.79. The molecule has 1 rings (SSSR count).